The van der Waals surface area contributed by atoms with Gasteiger partial charge < -0.3 is 14.7 Å². The zero-order valence-corrected chi connectivity index (χ0v) is 13.8. The smallest absolute Gasteiger partial charge is 0.419 e. The van der Waals surface area contributed by atoms with E-state index in [0.717, 1.165) is 6.07 Å². The zero-order chi connectivity index (χ0) is 18.9. The lowest BCUT2D eigenvalue weighted by molar-refractivity contribution is -0.139. The summed E-state index contributed by atoms with van der Waals surface area (Å²) in [5.41, 5.74) is -0.359. The Morgan fingerprint density at radius 3 is 2.65 bits per heavy atom. The van der Waals surface area contributed by atoms with Crippen LogP contribution in [-0.2, 0) is 6.18 Å². The number of carbonyl (C=O) groups is 1. The lowest BCUT2D eigenvalue weighted by Crippen LogP contribution is -2.50. The lowest BCUT2D eigenvalue weighted by Gasteiger charge is -2.39. The Labute approximate surface area is 147 Å². The van der Waals surface area contributed by atoms with Crippen molar-refractivity contribution in [1.29, 1.82) is 0 Å². The summed E-state index contributed by atoms with van der Waals surface area (Å²) in [5.74, 6) is -1.03. The molecule has 0 saturated carbocycles. The molecular formula is C17H16F3N3O3. The van der Waals surface area contributed by atoms with Gasteiger partial charge >= 0.3 is 12.1 Å². The molecule has 138 valence electrons. The number of alkyl halides is 3. The number of aryl methyl sites for hydroxylation is 1. The number of carboxylic acid groups (broad SMARTS) is 1. The summed E-state index contributed by atoms with van der Waals surface area (Å²) in [6.07, 6.45) is -4.47. The molecule has 3 rings (SSSR count). The monoisotopic (exact) mass is 367 g/mol. The maximum absolute atomic E-state index is 12.9. The first kappa shape index (κ1) is 18.0. The fraction of sp³-hybridized carbons (Fsp3) is 0.353. The molecule has 0 spiro atoms. The number of rotatable bonds is 5. The fourth-order valence-corrected chi connectivity index (χ4v) is 2.68. The molecule has 1 fully saturated rings. The summed E-state index contributed by atoms with van der Waals surface area (Å²) < 4.78 is 44.2. The van der Waals surface area contributed by atoms with Crippen molar-refractivity contribution in [3.63, 3.8) is 0 Å². The van der Waals surface area contributed by atoms with Crippen LogP contribution in [0.2, 0.25) is 0 Å². The second-order valence-corrected chi connectivity index (χ2v) is 6.08. The van der Waals surface area contributed by atoms with Gasteiger partial charge in [0.15, 0.2) is 5.69 Å². The van der Waals surface area contributed by atoms with Crippen molar-refractivity contribution in [3.8, 4) is 5.75 Å². The standard InChI is InChI=1S/C17H16F3N3O3/c1-10-6-13(15(24)25)22-16(21-10)23-7-11(8-23)9-26-14-5-3-2-4-12(14)17(18,19)20/h2-6,11H,7-9H2,1H3,(H,24,25). The molecule has 0 atom stereocenters. The molecule has 0 unspecified atom stereocenters. The molecule has 1 aromatic heterocycles. The van der Waals surface area contributed by atoms with Crippen LogP contribution < -0.4 is 9.64 Å². The summed E-state index contributed by atoms with van der Waals surface area (Å²) in [7, 11) is 0. The molecule has 2 aromatic rings. The van der Waals surface area contributed by atoms with Crippen molar-refractivity contribution >= 4 is 11.9 Å². The quantitative estimate of drug-likeness (QED) is 0.876. The second kappa shape index (κ2) is 6.81. The molecule has 2 heterocycles. The number of aromatic nitrogens is 2. The summed E-state index contributed by atoms with van der Waals surface area (Å²) in [6.45, 7) is 2.76. The minimum Gasteiger partial charge on any atom is -0.493 e. The van der Waals surface area contributed by atoms with Crippen LogP contribution in [0.3, 0.4) is 0 Å². The largest absolute Gasteiger partial charge is 0.493 e. The Bertz CT molecular complexity index is 820. The number of benzene rings is 1. The van der Waals surface area contributed by atoms with Crippen LogP contribution in [0, 0.1) is 12.8 Å². The molecule has 1 aliphatic heterocycles. The van der Waals surface area contributed by atoms with Crippen LogP contribution in [0.5, 0.6) is 5.75 Å². The number of carboxylic acids is 1. The number of para-hydroxylation sites is 1. The van der Waals surface area contributed by atoms with E-state index in [9.17, 15) is 18.0 Å². The number of halogens is 3. The molecule has 0 amide bonds. The highest BCUT2D eigenvalue weighted by atomic mass is 19.4. The van der Waals surface area contributed by atoms with E-state index in [1.165, 1.54) is 24.3 Å². The van der Waals surface area contributed by atoms with Gasteiger partial charge in [-0.2, -0.15) is 13.2 Å². The van der Waals surface area contributed by atoms with E-state index in [2.05, 4.69) is 9.97 Å². The molecular weight excluding hydrogens is 351 g/mol. The Morgan fingerprint density at radius 1 is 1.31 bits per heavy atom. The van der Waals surface area contributed by atoms with E-state index in [4.69, 9.17) is 9.84 Å². The highest BCUT2D eigenvalue weighted by Crippen LogP contribution is 2.36. The third kappa shape index (κ3) is 3.87. The summed E-state index contributed by atoms with van der Waals surface area (Å²) in [6, 6.07) is 6.46. The minimum absolute atomic E-state index is 0.00804. The Morgan fingerprint density at radius 2 is 2.00 bits per heavy atom. The van der Waals surface area contributed by atoms with E-state index in [1.54, 1.807) is 11.8 Å². The van der Waals surface area contributed by atoms with Crippen molar-refractivity contribution in [1.82, 2.24) is 9.97 Å². The van der Waals surface area contributed by atoms with Gasteiger partial charge in [-0.1, -0.05) is 12.1 Å². The van der Waals surface area contributed by atoms with Gasteiger partial charge in [0.2, 0.25) is 5.95 Å². The molecule has 9 heteroatoms. The topological polar surface area (TPSA) is 75.5 Å². The molecule has 1 N–H and O–H groups in total. The van der Waals surface area contributed by atoms with Gasteiger partial charge in [-0.3, -0.25) is 0 Å². The Kier molecular flexibility index (Phi) is 4.71. The van der Waals surface area contributed by atoms with Gasteiger partial charge in [-0.25, -0.2) is 14.8 Å². The maximum atomic E-state index is 12.9. The van der Waals surface area contributed by atoms with Crippen LogP contribution in [0.4, 0.5) is 19.1 Å². The molecule has 0 aliphatic carbocycles. The molecule has 1 aliphatic rings. The number of hydrogen-bond acceptors (Lipinski definition) is 5. The first-order valence-corrected chi connectivity index (χ1v) is 7.87. The zero-order valence-electron chi connectivity index (χ0n) is 13.8. The number of hydrogen-bond donors (Lipinski definition) is 1. The van der Waals surface area contributed by atoms with Crippen LogP contribution in [-0.4, -0.2) is 40.7 Å². The normalized spacial score (nSPS) is 14.8. The highest BCUT2D eigenvalue weighted by molar-refractivity contribution is 5.85. The van der Waals surface area contributed by atoms with Crippen LogP contribution in [0.1, 0.15) is 21.7 Å². The summed E-state index contributed by atoms with van der Waals surface area (Å²) in [5, 5.41) is 9.04. The summed E-state index contributed by atoms with van der Waals surface area (Å²) >= 11 is 0. The SMILES string of the molecule is Cc1cc(C(=O)O)nc(N2CC(COc3ccccc3C(F)(F)F)C2)n1. The van der Waals surface area contributed by atoms with E-state index < -0.39 is 17.7 Å². The third-order valence-electron chi connectivity index (χ3n) is 3.97. The van der Waals surface area contributed by atoms with Crippen molar-refractivity contribution in [3.05, 3.63) is 47.3 Å². The maximum Gasteiger partial charge on any atom is 0.419 e. The molecule has 6 nitrogen and oxygen atoms in total. The first-order valence-electron chi connectivity index (χ1n) is 7.87. The molecule has 26 heavy (non-hydrogen) atoms. The first-order chi connectivity index (χ1) is 12.2. The number of nitrogens with zero attached hydrogens (tertiary/aromatic N) is 3. The fourth-order valence-electron chi connectivity index (χ4n) is 2.68. The van der Waals surface area contributed by atoms with Gasteiger partial charge in [0.1, 0.15) is 5.75 Å². The third-order valence-corrected chi connectivity index (χ3v) is 3.97. The van der Waals surface area contributed by atoms with Crippen LogP contribution in [0.15, 0.2) is 30.3 Å². The van der Waals surface area contributed by atoms with Gasteiger partial charge in [0.25, 0.3) is 0 Å². The van der Waals surface area contributed by atoms with Crippen molar-refractivity contribution in [2.45, 2.75) is 13.1 Å². The van der Waals surface area contributed by atoms with Gasteiger partial charge in [0, 0.05) is 24.7 Å². The minimum atomic E-state index is -4.47. The molecule has 1 aromatic carbocycles. The van der Waals surface area contributed by atoms with Crippen molar-refractivity contribution < 1.29 is 27.8 Å². The van der Waals surface area contributed by atoms with Crippen molar-refractivity contribution in [2.75, 3.05) is 24.6 Å². The summed E-state index contributed by atoms with van der Waals surface area (Å²) in [4.78, 5) is 21.0. The number of anilines is 1. The van der Waals surface area contributed by atoms with Crippen LogP contribution >= 0.6 is 0 Å². The second-order valence-electron chi connectivity index (χ2n) is 6.08. The van der Waals surface area contributed by atoms with E-state index in [-0.39, 0.29) is 24.0 Å². The molecule has 0 radical (unpaired) electrons. The number of ether oxygens (including phenoxy) is 1. The Hall–Kier alpha value is -2.84. The number of aromatic carboxylic acids is 1. The molecule has 0 bridgehead atoms. The highest BCUT2D eigenvalue weighted by Gasteiger charge is 2.35. The lowest BCUT2D eigenvalue weighted by atomic mass is 10.0. The van der Waals surface area contributed by atoms with Gasteiger partial charge in [-0.05, 0) is 25.1 Å². The van der Waals surface area contributed by atoms with Gasteiger partial charge in [0.05, 0.1) is 12.2 Å². The van der Waals surface area contributed by atoms with Crippen molar-refractivity contribution in [2.24, 2.45) is 5.92 Å². The Balaban J connectivity index is 1.60. The molecule has 1 saturated heterocycles. The van der Waals surface area contributed by atoms with Crippen LogP contribution in [0.25, 0.3) is 0 Å². The van der Waals surface area contributed by atoms with Gasteiger partial charge in [-0.15, -0.1) is 0 Å². The predicted octanol–water partition coefficient (Wildman–Crippen LogP) is 3.02. The predicted molar refractivity (Wildman–Crippen MR) is 86.4 cm³/mol. The average Bonchev–Trinajstić information content (AvgIpc) is 2.52. The van der Waals surface area contributed by atoms with E-state index in [0.29, 0.717) is 24.7 Å². The van der Waals surface area contributed by atoms with E-state index in [1.807, 2.05) is 0 Å². The average molecular weight is 367 g/mol. The van der Waals surface area contributed by atoms with E-state index >= 15 is 0 Å².